The van der Waals surface area contributed by atoms with Gasteiger partial charge >= 0.3 is 0 Å². The molecular weight excluding hydrogens is 384 g/mol. The molecule has 3 rings (SSSR count). The summed E-state index contributed by atoms with van der Waals surface area (Å²) in [6.45, 7) is 0.366. The van der Waals surface area contributed by atoms with Crippen molar-refractivity contribution >= 4 is 29.1 Å². The lowest BCUT2D eigenvalue weighted by Gasteiger charge is -2.09. The Kier molecular flexibility index (Phi) is 6.83. The molecule has 154 valence electrons. The van der Waals surface area contributed by atoms with Gasteiger partial charge < -0.3 is 25.7 Å². The van der Waals surface area contributed by atoms with E-state index in [0.29, 0.717) is 29.1 Å². The number of benzene rings is 2. The summed E-state index contributed by atoms with van der Waals surface area (Å²) in [6, 6.07) is 17.0. The van der Waals surface area contributed by atoms with Gasteiger partial charge in [0.2, 0.25) is 5.91 Å². The molecule has 0 fully saturated rings. The highest BCUT2D eigenvalue weighted by atomic mass is 16.3. The summed E-state index contributed by atoms with van der Waals surface area (Å²) in [5.41, 5.74) is 2.33. The van der Waals surface area contributed by atoms with Gasteiger partial charge in [-0.3, -0.25) is 14.4 Å². The normalized spacial score (nSPS) is 10.2. The van der Waals surface area contributed by atoms with Crippen LogP contribution in [0.5, 0.6) is 0 Å². The topological polar surface area (TPSA) is 112 Å². The number of nitrogens with one attached hydrogen (secondary N) is 4. The molecular formula is C22H22N4O4. The first kappa shape index (κ1) is 20.7. The van der Waals surface area contributed by atoms with Crippen LogP contribution in [-0.2, 0) is 11.3 Å². The third-order valence-corrected chi connectivity index (χ3v) is 4.26. The molecule has 0 saturated carbocycles. The van der Waals surface area contributed by atoms with Gasteiger partial charge in [0.05, 0.1) is 19.4 Å². The molecule has 8 nitrogen and oxygen atoms in total. The Morgan fingerprint density at radius 3 is 2.07 bits per heavy atom. The average molecular weight is 406 g/mol. The summed E-state index contributed by atoms with van der Waals surface area (Å²) in [4.78, 5) is 35.8. The third-order valence-electron chi connectivity index (χ3n) is 4.26. The highest BCUT2D eigenvalue weighted by molar-refractivity contribution is 5.97. The molecule has 0 aliphatic carbocycles. The van der Waals surface area contributed by atoms with E-state index in [9.17, 15) is 14.4 Å². The molecule has 0 spiro atoms. The Bertz CT molecular complexity index is 997. The van der Waals surface area contributed by atoms with Gasteiger partial charge in [-0.2, -0.15) is 0 Å². The summed E-state index contributed by atoms with van der Waals surface area (Å²) in [6.07, 6.45) is 1.55. The molecule has 1 heterocycles. The van der Waals surface area contributed by atoms with Crippen molar-refractivity contribution in [1.82, 2.24) is 10.6 Å². The van der Waals surface area contributed by atoms with Crippen LogP contribution in [0, 0.1) is 0 Å². The lowest BCUT2D eigenvalue weighted by Crippen LogP contribution is -2.23. The Labute approximate surface area is 173 Å². The van der Waals surface area contributed by atoms with Gasteiger partial charge in [0.15, 0.2) is 0 Å². The molecule has 1 aromatic heterocycles. The molecule has 0 bridgehead atoms. The van der Waals surface area contributed by atoms with Crippen LogP contribution in [0.25, 0.3) is 0 Å². The first-order chi connectivity index (χ1) is 14.5. The third kappa shape index (κ3) is 5.71. The fourth-order valence-corrected chi connectivity index (χ4v) is 2.66. The predicted molar refractivity (Wildman–Crippen MR) is 113 cm³/mol. The monoisotopic (exact) mass is 406 g/mol. The number of furan rings is 1. The van der Waals surface area contributed by atoms with Crippen LogP contribution in [0.2, 0.25) is 0 Å². The zero-order chi connectivity index (χ0) is 21.3. The van der Waals surface area contributed by atoms with Crippen molar-refractivity contribution in [2.24, 2.45) is 0 Å². The maximum atomic E-state index is 12.1. The summed E-state index contributed by atoms with van der Waals surface area (Å²) >= 11 is 0. The Morgan fingerprint density at radius 1 is 0.833 bits per heavy atom. The minimum atomic E-state index is -0.236. The number of anilines is 2. The summed E-state index contributed by atoms with van der Waals surface area (Å²) in [5, 5.41) is 11.1. The van der Waals surface area contributed by atoms with E-state index < -0.39 is 0 Å². The van der Waals surface area contributed by atoms with E-state index in [-0.39, 0.29) is 24.3 Å². The van der Waals surface area contributed by atoms with Gasteiger partial charge in [0.25, 0.3) is 11.8 Å². The molecule has 4 N–H and O–H groups in total. The second-order valence-corrected chi connectivity index (χ2v) is 6.40. The van der Waals surface area contributed by atoms with Crippen molar-refractivity contribution in [1.29, 1.82) is 0 Å². The van der Waals surface area contributed by atoms with Gasteiger partial charge in [0, 0.05) is 29.5 Å². The lowest BCUT2D eigenvalue weighted by atomic mass is 10.2. The molecule has 0 radical (unpaired) electrons. The van der Waals surface area contributed by atoms with Crippen LogP contribution in [-0.4, -0.2) is 31.3 Å². The van der Waals surface area contributed by atoms with Crippen LogP contribution in [0.15, 0.2) is 71.3 Å². The minimum absolute atomic E-state index is 0.0602. The smallest absolute Gasteiger partial charge is 0.251 e. The molecule has 0 unspecified atom stereocenters. The minimum Gasteiger partial charge on any atom is -0.467 e. The zero-order valence-electron chi connectivity index (χ0n) is 16.4. The molecule has 0 saturated heterocycles. The summed E-state index contributed by atoms with van der Waals surface area (Å²) in [5.74, 6) is 0.0342. The van der Waals surface area contributed by atoms with Crippen molar-refractivity contribution in [3.63, 3.8) is 0 Å². The Balaban J connectivity index is 1.46. The molecule has 3 amide bonds. The molecule has 0 aliphatic rings. The number of amides is 3. The SMILES string of the molecule is CNC(=O)c1ccc(NCC(=O)Nc2ccc(C(=O)NCc3ccco3)cc2)cc1. The molecule has 30 heavy (non-hydrogen) atoms. The zero-order valence-corrected chi connectivity index (χ0v) is 16.4. The summed E-state index contributed by atoms with van der Waals surface area (Å²) in [7, 11) is 1.57. The van der Waals surface area contributed by atoms with E-state index in [1.165, 1.54) is 0 Å². The molecule has 0 aliphatic heterocycles. The van der Waals surface area contributed by atoms with E-state index >= 15 is 0 Å². The van der Waals surface area contributed by atoms with Crippen molar-refractivity contribution in [2.75, 3.05) is 24.2 Å². The average Bonchev–Trinajstić information content (AvgIpc) is 3.30. The van der Waals surface area contributed by atoms with Gasteiger partial charge in [-0.25, -0.2) is 0 Å². The number of hydrogen-bond donors (Lipinski definition) is 4. The van der Waals surface area contributed by atoms with Crippen LogP contribution in [0.3, 0.4) is 0 Å². The number of rotatable bonds is 8. The molecule has 3 aromatic rings. The molecule has 0 atom stereocenters. The Hall–Kier alpha value is -4.07. The number of carbonyl (C=O) groups is 3. The van der Waals surface area contributed by atoms with E-state index in [1.54, 1.807) is 74.0 Å². The van der Waals surface area contributed by atoms with Crippen molar-refractivity contribution in [2.45, 2.75) is 6.54 Å². The van der Waals surface area contributed by atoms with E-state index in [4.69, 9.17) is 4.42 Å². The van der Waals surface area contributed by atoms with E-state index in [1.807, 2.05) is 0 Å². The van der Waals surface area contributed by atoms with Crippen molar-refractivity contribution in [3.05, 3.63) is 83.8 Å². The van der Waals surface area contributed by atoms with Gasteiger partial charge in [-0.1, -0.05) is 0 Å². The van der Waals surface area contributed by atoms with E-state index in [0.717, 1.165) is 5.69 Å². The second kappa shape index (κ2) is 9.92. The largest absolute Gasteiger partial charge is 0.467 e. The van der Waals surface area contributed by atoms with Gasteiger partial charge in [-0.05, 0) is 60.7 Å². The molecule has 2 aromatic carbocycles. The first-order valence-electron chi connectivity index (χ1n) is 9.31. The first-order valence-corrected chi connectivity index (χ1v) is 9.31. The summed E-state index contributed by atoms with van der Waals surface area (Å²) < 4.78 is 5.17. The number of carbonyl (C=O) groups excluding carboxylic acids is 3. The maximum Gasteiger partial charge on any atom is 0.251 e. The highest BCUT2D eigenvalue weighted by Crippen LogP contribution is 2.12. The van der Waals surface area contributed by atoms with Gasteiger partial charge in [0.1, 0.15) is 5.76 Å². The van der Waals surface area contributed by atoms with Crippen LogP contribution < -0.4 is 21.3 Å². The molecule has 8 heteroatoms. The number of hydrogen-bond acceptors (Lipinski definition) is 5. The van der Waals surface area contributed by atoms with Crippen molar-refractivity contribution < 1.29 is 18.8 Å². The predicted octanol–water partition coefficient (Wildman–Crippen LogP) is 2.62. The fraction of sp³-hybridized carbons (Fsp3) is 0.136. The maximum absolute atomic E-state index is 12.1. The quantitative estimate of drug-likeness (QED) is 0.459. The Morgan fingerprint density at radius 2 is 1.47 bits per heavy atom. The lowest BCUT2D eigenvalue weighted by molar-refractivity contribution is -0.114. The van der Waals surface area contributed by atoms with Gasteiger partial charge in [-0.15, -0.1) is 0 Å². The standard InChI is InChI=1S/C22H22N4O4/c1-23-21(28)15-4-8-17(9-5-15)24-14-20(27)26-18-10-6-16(7-11-18)22(29)25-13-19-3-2-12-30-19/h2-12,24H,13-14H2,1H3,(H,23,28)(H,25,29)(H,26,27). The van der Waals surface area contributed by atoms with Crippen LogP contribution in [0.4, 0.5) is 11.4 Å². The second-order valence-electron chi connectivity index (χ2n) is 6.40. The van der Waals surface area contributed by atoms with Crippen LogP contribution >= 0.6 is 0 Å². The van der Waals surface area contributed by atoms with E-state index in [2.05, 4.69) is 21.3 Å². The highest BCUT2D eigenvalue weighted by Gasteiger charge is 2.08. The fourth-order valence-electron chi connectivity index (χ4n) is 2.66. The van der Waals surface area contributed by atoms with Crippen LogP contribution in [0.1, 0.15) is 26.5 Å². The van der Waals surface area contributed by atoms with Crippen molar-refractivity contribution in [3.8, 4) is 0 Å².